The number of imidazole rings is 1. The molecule has 1 aliphatic heterocycles. The summed E-state index contributed by atoms with van der Waals surface area (Å²) < 4.78 is 1.92. The Balaban J connectivity index is 1.57. The van der Waals surface area contributed by atoms with Crippen molar-refractivity contribution in [2.45, 2.75) is 13.0 Å². The van der Waals surface area contributed by atoms with Crippen LogP contribution in [0.4, 0.5) is 11.5 Å². The van der Waals surface area contributed by atoms with E-state index in [2.05, 4.69) is 44.1 Å². The standard InChI is InChI=1S/C20H18N6/c21-18-19(25-10-9-14-5-1-2-6-15(14)11-25)22-12-23-20(18)26-13-24-16-7-3-4-8-17(16)26/h1-8,12-13H,9-11,21H2. The fourth-order valence-corrected chi connectivity index (χ4v) is 3.63. The topological polar surface area (TPSA) is 72.9 Å². The third-order valence-electron chi connectivity index (χ3n) is 4.95. The molecule has 4 aromatic rings. The molecule has 6 nitrogen and oxygen atoms in total. The van der Waals surface area contributed by atoms with Gasteiger partial charge in [0.1, 0.15) is 18.3 Å². The molecule has 0 fully saturated rings. The minimum atomic E-state index is 0.579. The Hall–Kier alpha value is -3.41. The molecule has 2 aromatic heterocycles. The van der Waals surface area contributed by atoms with E-state index < -0.39 is 0 Å². The molecule has 6 heteroatoms. The quantitative estimate of drug-likeness (QED) is 0.606. The summed E-state index contributed by atoms with van der Waals surface area (Å²) in [7, 11) is 0. The van der Waals surface area contributed by atoms with E-state index in [-0.39, 0.29) is 0 Å². The van der Waals surface area contributed by atoms with Crippen molar-refractivity contribution in [1.82, 2.24) is 19.5 Å². The average Bonchev–Trinajstić information content (AvgIpc) is 3.12. The number of rotatable bonds is 2. The molecular formula is C20H18N6. The largest absolute Gasteiger partial charge is 0.393 e. The number of hydrogen-bond acceptors (Lipinski definition) is 5. The SMILES string of the molecule is Nc1c(N2CCc3ccccc3C2)ncnc1-n1cnc2ccccc21. The maximum absolute atomic E-state index is 6.50. The molecule has 2 aromatic carbocycles. The monoisotopic (exact) mass is 342 g/mol. The van der Waals surface area contributed by atoms with Crippen LogP contribution in [0.3, 0.4) is 0 Å². The second kappa shape index (κ2) is 5.84. The molecule has 0 aliphatic carbocycles. The molecule has 1 aliphatic rings. The summed E-state index contributed by atoms with van der Waals surface area (Å²) in [6, 6.07) is 16.5. The second-order valence-corrected chi connectivity index (χ2v) is 6.48. The lowest BCUT2D eigenvalue weighted by atomic mass is 10.00. The summed E-state index contributed by atoms with van der Waals surface area (Å²) in [6.07, 6.45) is 4.33. The molecular weight excluding hydrogens is 324 g/mol. The predicted octanol–water partition coefficient (Wildman–Crippen LogP) is 2.96. The van der Waals surface area contributed by atoms with Crippen molar-refractivity contribution in [2.75, 3.05) is 17.2 Å². The van der Waals surface area contributed by atoms with Crippen LogP contribution in [0.1, 0.15) is 11.1 Å². The van der Waals surface area contributed by atoms with Crippen molar-refractivity contribution in [2.24, 2.45) is 0 Å². The van der Waals surface area contributed by atoms with E-state index in [1.165, 1.54) is 11.1 Å². The summed E-state index contributed by atoms with van der Waals surface area (Å²) in [5.41, 5.74) is 11.7. The number of anilines is 2. The molecule has 0 amide bonds. The number of nitrogen functional groups attached to an aromatic ring is 1. The first-order valence-corrected chi connectivity index (χ1v) is 8.66. The Bertz CT molecular complexity index is 1100. The summed E-state index contributed by atoms with van der Waals surface area (Å²) in [4.78, 5) is 15.6. The summed E-state index contributed by atoms with van der Waals surface area (Å²) >= 11 is 0. The summed E-state index contributed by atoms with van der Waals surface area (Å²) in [6.45, 7) is 1.70. The van der Waals surface area contributed by atoms with Crippen LogP contribution in [-0.2, 0) is 13.0 Å². The average molecular weight is 342 g/mol. The lowest BCUT2D eigenvalue weighted by Gasteiger charge is -2.30. The van der Waals surface area contributed by atoms with Gasteiger partial charge < -0.3 is 10.6 Å². The van der Waals surface area contributed by atoms with Crippen molar-refractivity contribution in [1.29, 1.82) is 0 Å². The van der Waals surface area contributed by atoms with Gasteiger partial charge in [-0.3, -0.25) is 4.57 Å². The Labute approximate surface area is 150 Å². The first kappa shape index (κ1) is 14.9. The molecule has 0 unspecified atom stereocenters. The first-order valence-electron chi connectivity index (χ1n) is 8.66. The van der Waals surface area contributed by atoms with Crippen molar-refractivity contribution in [3.63, 3.8) is 0 Å². The molecule has 26 heavy (non-hydrogen) atoms. The Morgan fingerprint density at radius 1 is 0.846 bits per heavy atom. The van der Waals surface area contributed by atoms with E-state index in [1.54, 1.807) is 12.7 Å². The maximum Gasteiger partial charge on any atom is 0.167 e. The summed E-state index contributed by atoms with van der Waals surface area (Å²) in [5.74, 6) is 1.45. The van der Waals surface area contributed by atoms with Gasteiger partial charge >= 0.3 is 0 Å². The number of nitrogens with zero attached hydrogens (tertiary/aromatic N) is 5. The highest BCUT2D eigenvalue weighted by Gasteiger charge is 2.21. The van der Waals surface area contributed by atoms with Crippen molar-refractivity contribution in [3.05, 3.63) is 72.3 Å². The molecule has 0 bridgehead atoms. The van der Waals surface area contributed by atoms with Crippen LogP contribution in [0.2, 0.25) is 0 Å². The Morgan fingerprint density at radius 3 is 2.54 bits per heavy atom. The van der Waals surface area contributed by atoms with Gasteiger partial charge in [-0.05, 0) is 29.7 Å². The van der Waals surface area contributed by atoms with E-state index >= 15 is 0 Å². The molecule has 0 atom stereocenters. The highest BCUT2D eigenvalue weighted by molar-refractivity contribution is 5.80. The minimum absolute atomic E-state index is 0.579. The highest BCUT2D eigenvalue weighted by Crippen LogP contribution is 2.30. The summed E-state index contributed by atoms with van der Waals surface area (Å²) in [5, 5.41) is 0. The zero-order chi connectivity index (χ0) is 17.5. The van der Waals surface area contributed by atoms with Gasteiger partial charge in [0.2, 0.25) is 0 Å². The van der Waals surface area contributed by atoms with Crippen LogP contribution < -0.4 is 10.6 Å². The lowest BCUT2D eigenvalue weighted by Crippen LogP contribution is -2.32. The Morgan fingerprint density at radius 2 is 1.62 bits per heavy atom. The number of nitrogens with two attached hydrogens (primary N) is 1. The number of para-hydroxylation sites is 2. The third kappa shape index (κ3) is 2.30. The van der Waals surface area contributed by atoms with Crippen LogP contribution in [0.5, 0.6) is 0 Å². The van der Waals surface area contributed by atoms with Crippen LogP contribution in [-0.4, -0.2) is 26.1 Å². The molecule has 0 saturated carbocycles. The number of aromatic nitrogens is 4. The molecule has 5 rings (SSSR count). The van der Waals surface area contributed by atoms with E-state index in [1.807, 2.05) is 28.8 Å². The molecule has 0 spiro atoms. The van der Waals surface area contributed by atoms with Gasteiger partial charge in [-0.1, -0.05) is 36.4 Å². The predicted molar refractivity (Wildman–Crippen MR) is 102 cm³/mol. The normalized spacial score (nSPS) is 13.8. The van der Waals surface area contributed by atoms with E-state index in [0.29, 0.717) is 11.5 Å². The van der Waals surface area contributed by atoms with Crippen molar-refractivity contribution >= 4 is 22.5 Å². The van der Waals surface area contributed by atoms with Gasteiger partial charge in [-0.25, -0.2) is 15.0 Å². The zero-order valence-corrected chi connectivity index (χ0v) is 14.2. The van der Waals surface area contributed by atoms with E-state index in [4.69, 9.17) is 5.73 Å². The zero-order valence-electron chi connectivity index (χ0n) is 14.2. The van der Waals surface area contributed by atoms with Crippen molar-refractivity contribution < 1.29 is 0 Å². The number of hydrogen-bond donors (Lipinski definition) is 1. The van der Waals surface area contributed by atoms with Crippen LogP contribution in [0.15, 0.2) is 61.2 Å². The smallest absolute Gasteiger partial charge is 0.167 e. The second-order valence-electron chi connectivity index (χ2n) is 6.48. The van der Waals surface area contributed by atoms with Crippen LogP contribution in [0.25, 0.3) is 16.9 Å². The van der Waals surface area contributed by atoms with Gasteiger partial charge in [-0.2, -0.15) is 0 Å². The van der Waals surface area contributed by atoms with Gasteiger partial charge in [0, 0.05) is 13.1 Å². The fraction of sp³-hybridized carbons (Fsp3) is 0.150. The van der Waals surface area contributed by atoms with Gasteiger partial charge in [0.15, 0.2) is 11.6 Å². The molecule has 0 saturated heterocycles. The number of benzene rings is 2. The van der Waals surface area contributed by atoms with Gasteiger partial charge in [0.25, 0.3) is 0 Å². The van der Waals surface area contributed by atoms with E-state index in [9.17, 15) is 0 Å². The number of fused-ring (bicyclic) bond motifs is 2. The Kier molecular flexibility index (Phi) is 3.35. The first-order chi connectivity index (χ1) is 12.8. The third-order valence-corrected chi connectivity index (χ3v) is 4.95. The molecule has 3 heterocycles. The molecule has 0 radical (unpaired) electrons. The maximum atomic E-state index is 6.50. The highest BCUT2D eigenvalue weighted by atomic mass is 15.2. The van der Waals surface area contributed by atoms with Gasteiger partial charge in [0.05, 0.1) is 11.0 Å². The van der Waals surface area contributed by atoms with Gasteiger partial charge in [-0.15, -0.1) is 0 Å². The molecule has 2 N–H and O–H groups in total. The van der Waals surface area contributed by atoms with Crippen LogP contribution in [0, 0.1) is 0 Å². The minimum Gasteiger partial charge on any atom is -0.393 e. The lowest BCUT2D eigenvalue weighted by molar-refractivity contribution is 0.719. The fourth-order valence-electron chi connectivity index (χ4n) is 3.63. The van der Waals surface area contributed by atoms with Crippen molar-refractivity contribution in [3.8, 4) is 5.82 Å². The van der Waals surface area contributed by atoms with Crippen LogP contribution >= 0.6 is 0 Å². The molecule has 128 valence electrons. The van der Waals surface area contributed by atoms with E-state index in [0.717, 1.165) is 36.4 Å².